The van der Waals surface area contributed by atoms with Gasteiger partial charge in [-0.05, 0) is 42.2 Å². The standard InChI is InChI=1S/C26H21F6N3O3S/c1-13-5-3-7-16-20(15-6-4-8-18(26(30,31)32)17(15)11-39-23(13)16)35-12-33(14(2)25(27,28)29)24(38)21-22(37)19(36)9-10-34(21)35/h3-10,14,20,37H,11-12H2,1-2H3/t14-,20+/m1/s1. The van der Waals surface area contributed by atoms with Crippen LogP contribution in [-0.2, 0) is 11.9 Å². The van der Waals surface area contributed by atoms with E-state index in [1.54, 1.807) is 25.1 Å². The summed E-state index contributed by atoms with van der Waals surface area (Å²) < 4.78 is 84.9. The molecular weight excluding hydrogens is 548 g/mol. The Balaban J connectivity index is 1.83. The molecule has 206 valence electrons. The normalized spacial score (nSPS) is 18.3. The molecule has 2 aromatic carbocycles. The number of alkyl halides is 6. The van der Waals surface area contributed by atoms with Gasteiger partial charge in [-0.15, -0.1) is 11.8 Å². The summed E-state index contributed by atoms with van der Waals surface area (Å²) in [4.78, 5) is 26.6. The van der Waals surface area contributed by atoms with Crippen LogP contribution < -0.4 is 10.4 Å². The Morgan fingerprint density at radius 1 is 1.00 bits per heavy atom. The molecule has 39 heavy (non-hydrogen) atoms. The molecule has 6 nitrogen and oxygen atoms in total. The Kier molecular flexibility index (Phi) is 6.40. The van der Waals surface area contributed by atoms with E-state index in [-0.39, 0.29) is 16.9 Å². The van der Waals surface area contributed by atoms with Crippen LogP contribution in [0.2, 0.25) is 0 Å². The summed E-state index contributed by atoms with van der Waals surface area (Å²) in [6, 6.07) is 6.31. The van der Waals surface area contributed by atoms with Crippen LogP contribution in [0, 0.1) is 6.92 Å². The minimum absolute atomic E-state index is 0.0465. The van der Waals surface area contributed by atoms with E-state index >= 15 is 0 Å². The van der Waals surface area contributed by atoms with E-state index in [1.807, 2.05) is 0 Å². The van der Waals surface area contributed by atoms with Crippen molar-refractivity contribution < 1.29 is 36.2 Å². The molecule has 0 aliphatic carbocycles. The van der Waals surface area contributed by atoms with Gasteiger partial charge in [-0.3, -0.25) is 19.3 Å². The number of nitrogens with zero attached hydrogens (tertiary/aromatic N) is 3. The molecule has 0 bridgehead atoms. The SMILES string of the molecule is Cc1cccc2c1SCc1c(cccc1C(F)(F)F)[C@@H]2N1CN([C@H](C)C(F)(F)F)C(=O)c2c(O)c(=O)ccn21. The van der Waals surface area contributed by atoms with Crippen LogP contribution in [-0.4, -0.2) is 39.5 Å². The van der Waals surface area contributed by atoms with Gasteiger partial charge >= 0.3 is 12.4 Å². The van der Waals surface area contributed by atoms with Gasteiger partial charge in [0, 0.05) is 22.9 Å². The quantitative estimate of drug-likeness (QED) is 0.409. The van der Waals surface area contributed by atoms with Gasteiger partial charge in [0.15, 0.2) is 11.4 Å². The number of rotatable bonds is 2. The van der Waals surface area contributed by atoms with Gasteiger partial charge in [0.25, 0.3) is 5.91 Å². The zero-order valence-corrected chi connectivity index (χ0v) is 21.3. The number of aromatic nitrogens is 1. The molecule has 2 aliphatic rings. The molecule has 5 rings (SSSR count). The molecule has 2 atom stereocenters. The van der Waals surface area contributed by atoms with Crippen LogP contribution in [0.25, 0.3) is 0 Å². The molecule has 0 fully saturated rings. The Morgan fingerprint density at radius 2 is 1.67 bits per heavy atom. The van der Waals surface area contributed by atoms with Crippen LogP contribution >= 0.6 is 11.8 Å². The zero-order chi connectivity index (χ0) is 28.4. The lowest BCUT2D eigenvalue weighted by Crippen LogP contribution is -2.60. The number of hydrogen-bond donors (Lipinski definition) is 1. The highest BCUT2D eigenvalue weighted by Crippen LogP contribution is 2.47. The lowest BCUT2D eigenvalue weighted by Gasteiger charge is -2.46. The number of pyridine rings is 1. The van der Waals surface area contributed by atoms with Crippen molar-refractivity contribution in [2.45, 2.75) is 48.9 Å². The second-order valence-corrected chi connectivity index (χ2v) is 10.3. The summed E-state index contributed by atoms with van der Waals surface area (Å²) in [5.41, 5.74) is -1.17. The Bertz CT molecular complexity index is 1530. The van der Waals surface area contributed by atoms with Gasteiger partial charge < -0.3 is 10.0 Å². The minimum atomic E-state index is -4.86. The molecule has 0 spiro atoms. The molecule has 0 saturated carbocycles. The summed E-state index contributed by atoms with van der Waals surface area (Å²) >= 11 is 1.18. The summed E-state index contributed by atoms with van der Waals surface area (Å²) in [6.07, 6.45) is -8.42. The highest BCUT2D eigenvalue weighted by molar-refractivity contribution is 7.98. The molecule has 1 N–H and O–H groups in total. The summed E-state index contributed by atoms with van der Waals surface area (Å²) in [6.45, 7) is 1.85. The third kappa shape index (κ3) is 4.42. The van der Waals surface area contributed by atoms with Crippen molar-refractivity contribution in [3.63, 3.8) is 0 Å². The van der Waals surface area contributed by atoms with Gasteiger partial charge in [0.05, 0.1) is 11.6 Å². The second-order valence-electron chi connectivity index (χ2n) is 9.35. The predicted octanol–water partition coefficient (Wildman–Crippen LogP) is 5.58. The minimum Gasteiger partial charge on any atom is -0.502 e. The number of thioether (sulfide) groups is 1. The van der Waals surface area contributed by atoms with Crippen LogP contribution in [0.5, 0.6) is 5.75 Å². The van der Waals surface area contributed by atoms with Gasteiger partial charge in [-0.25, -0.2) is 0 Å². The molecular formula is C26H21F6N3O3S. The molecule has 0 saturated heterocycles. The largest absolute Gasteiger partial charge is 0.502 e. The molecule has 0 unspecified atom stereocenters. The maximum Gasteiger partial charge on any atom is 0.416 e. The molecule has 1 aromatic heterocycles. The number of amides is 1. The number of benzene rings is 2. The predicted molar refractivity (Wildman–Crippen MR) is 131 cm³/mol. The molecule has 2 aliphatic heterocycles. The molecule has 1 amide bonds. The number of aryl methyl sites for hydroxylation is 1. The van der Waals surface area contributed by atoms with E-state index in [2.05, 4.69) is 0 Å². The van der Waals surface area contributed by atoms with E-state index in [0.717, 1.165) is 35.5 Å². The van der Waals surface area contributed by atoms with Crippen molar-refractivity contribution in [2.24, 2.45) is 0 Å². The number of carbonyl (C=O) groups is 1. The number of aromatic hydroxyl groups is 1. The fourth-order valence-electron chi connectivity index (χ4n) is 5.04. The fraction of sp³-hybridized carbons (Fsp3) is 0.308. The van der Waals surface area contributed by atoms with Crippen molar-refractivity contribution in [3.8, 4) is 5.75 Å². The number of fused-ring (bicyclic) bond motifs is 3. The Hall–Kier alpha value is -3.61. The topological polar surface area (TPSA) is 65.8 Å². The summed E-state index contributed by atoms with van der Waals surface area (Å²) in [5.74, 6) is -2.34. The van der Waals surface area contributed by atoms with Crippen LogP contribution in [0.1, 0.15) is 51.3 Å². The smallest absolute Gasteiger partial charge is 0.416 e. The monoisotopic (exact) mass is 569 g/mol. The van der Waals surface area contributed by atoms with Crippen molar-refractivity contribution in [1.82, 2.24) is 9.58 Å². The zero-order valence-electron chi connectivity index (χ0n) is 20.5. The maximum absolute atomic E-state index is 14.1. The molecule has 0 radical (unpaired) electrons. The number of hydrogen-bond acceptors (Lipinski definition) is 5. The lowest BCUT2D eigenvalue weighted by molar-refractivity contribution is -0.173. The van der Waals surface area contributed by atoms with Crippen molar-refractivity contribution in [1.29, 1.82) is 0 Å². The first-order valence-electron chi connectivity index (χ1n) is 11.7. The third-order valence-electron chi connectivity index (χ3n) is 7.04. The first kappa shape index (κ1) is 27.0. The van der Waals surface area contributed by atoms with Crippen molar-refractivity contribution >= 4 is 17.7 Å². The maximum atomic E-state index is 14.1. The van der Waals surface area contributed by atoms with Gasteiger partial charge in [-0.2, -0.15) is 26.3 Å². The van der Waals surface area contributed by atoms with E-state index in [9.17, 15) is 41.0 Å². The fourth-order valence-corrected chi connectivity index (χ4v) is 6.30. The van der Waals surface area contributed by atoms with E-state index < -0.39 is 59.4 Å². The third-order valence-corrected chi connectivity index (χ3v) is 8.32. The van der Waals surface area contributed by atoms with Crippen LogP contribution in [0.3, 0.4) is 0 Å². The number of carbonyl (C=O) groups excluding carboxylic acids is 1. The highest BCUT2D eigenvalue weighted by Gasteiger charge is 2.48. The van der Waals surface area contributed by atoms with Crippen LogP contribution in [0.4, 0.5) is 26.3 Å². The molecule has 3 heterocycles. The molecule has 3 aromatic rings. The van der Waals surface area contributed by atoms with E-state index in [1.165, 1.54) is 28.9 Å². The average molecular weight is 570 g/mol. The van der Waals surface area contributed by atoms with Crippen molar-refractivity contribution in [2.75, 3.05) is 11.7 Å². The van der Waals surface area contributed by atoms with Crippen molar-refractivity contribution in [3.05, 3.63) is 92.4 Å². The second kappa shape index (κ2) is 9.25. The molecule has 13 heteroatoms. The van der Waals surface area contributed by atoms with Gasteiger partial charge in [-0.1, -0.05) is 30.3 Å². The van der Waals surface area contributed by atoms with Gasteiger partial charge in [0.2, 0.25) is 5.43 Å². The first-order chi connectivity index (χ1) is 18.2. The Labute approximate surface area is 222 Å². The number of halogens is 6. The summed E-state index contributed by atoms with van der Waals surface area (Å²) in [5, 5.41) is 11.8. The van der Waals surface area contributed by atoms with Crippen LogP contribution in [0.15, 0.2) is 58.4 Å². The Morgan fingerprint density at radius 3 is 2.33 bits per heavy atom. The van der Waals surface area contributed by atoms with E-state index in [4.69, 9.17) is 0 Å². The van der Waals surface area contributed by atoms with Gasteiger partial charge in [0.1, 0.15) is 12.7 Å². The average Bonchev–Trinajstić information content (AvgIpc) is 3.02. The van der Waals surface area contributed by atoms with E-state index in [0.29, 0.717) is 15.4 Å². The highest BCUT2D eigenvalue weighted by atomic mass is 32.2. The first-order valence-corrected chi connectivity index (χ1v) is 12.7. The summed E-state index contributed by atoms with van der Waals surface area (Å²) in [7, 11) is 0. The lowest BCUT2D eigenvalue weighted by atomic mass is 9.91.